The van der Waals surface area contributed by atoms with Crippen LogP contribution in [0, 0.1) is 0 Å². The van der Waals surface area contributed by atoms with Crippen LogP contribution in [-0.2, 0) is 10.0 Å². The van der Waals surface area contributed by atoms with E-state index >= 15 is 0 Å². The van der Waals surface area contributed by atoms with Gasteiger partial charge in [-0.05, 0) is 50.2 Å². The van der Waals surface area contributed by atoms with Crippen LogP contribution in [-0.4, -0.2) is 63.2 Å². The van der Waals surface area contributed by atoms with Crippen LogP contribution in [0.25, 0.3) is 0 Å². The molecule has 1 aliphatic heterocycles. The van der Waals surface area contributed by atoms with E-state index in [0.717, 1.165) is 5.69 Å². The van der Waals surface area contributed by atoms with Gasteiger partial charge in [0, 0.05) is 44.0 Å². The van der Waals surface area contributed by atoms with Crippen LogP contribution in [0.1, 0.15) is 24.2 Å². The number of piperazine rings is 1. The molecular weight excluding hydrogens is 402 g/mol. The molecule has 0 unspecified atom stereocenters. The number of para-hydroxylation sites is 1. The molecule has 2 aromatic carbocycles. The van der Waals surface area contributed by atoms with Gasteiger partial charge in [-0.3, -0.25) is 4.79 Å². The Labute approximate surface area is 178 Å². The zero-order valence-electron chi connectivity index (χ0n) is 17.5. The molecule has 1 heterocycles. The first-order valence-electron chi connectivity index (χ1n) is 10.2. The number of hydrogen-bond donors (Lipinski definition) is 1. The molecule has 2 aromatic rings. The lowest BCUT2D eigenvalue weighted by Crippen LogP contribution is -2.50. The topological polar surface area (TPSA) is 78.9 Å². The molecule has 7 nitrogen and oxygen atoms in total. The van der Waals surface area contributed by atoms with Crippen molar-refractivity contribution in [1.82, 2.24) is 9.62 Å². The van der Waals surface area contributed by atoms with Gasteiger partial charge in [-0.25, -0.2) is 8.42 Å². The summed E-state index contributed by atoms with van der Waals surface area (Å²) < 4.78 is 32.3. The SMILES string of the molecule is CC(C)Oc1ccc(C(=O)NCCS(=O)(=O)N2CCN(c3ccccc3)CC2)cc1. The Morgan fingerprint density at radius 2 is 1.63 bits per heavy atom. The van der Waals surface area contributed by atoms with Crippen molar-refractivity contribution in [1.29, 1.82) is 0 Å². The van der Waals surface area contributed by atoms with E-state index in [9.17, 15) is 13.2 Å². The molecule has 0 aliphatic carbocycles. The maximum atomic E-state index is 12.6. The van der Waals surface area contributed by atoms with Crippen LogP contribution < -0.4 is 15.0 Å². The molecule has 8 heteroatoms. The van der Waals surface area contributed by atoms with Crippen LogP contribution in [0.15, 0.2) is 54.6 Å². The number of sulfonamides is 1. The number of carbonyl (C=O) groups excluding carboxylic acids is 1. The van der Waals surface area contributed by atoms with Gasteiger partial charge in [0.05, 0.1) is 11.9 Å². The van der Waals surface area contributed by atoms with Gasteiger partial charge in [-0.15, -0.1) is 0 Å². The minimum absolute atomic E-state index is 0.0597. The molecule has 0 bridgehead atoms. The maximum Gasteiger partial charge on any atom is 0.251 e. The number of rotatable bonds is 8. The lowest BCUT2D eigenvalue weighted by atomic mass is 10.2. The lowest BCUT2D eigenvalue weighted by molar-refractivity contribution is 0.0956. The Morgan fingerprint density at radius 3 is 2.23 bits per heavy atom. The van der Waals surface area contributed by atoms with Crippen molar-refractivity contribution in [2.75, 3.05) is 43.4 Å². The molecule has 0 radical (unpaired) electrons. The highest BCUT2D eigenvalue weighted by molar-refractivity contribution is 7.89. The predicted octanol–water partition coefficient (Wildman–Crippen LogP) is 2.36. The molecule has 162 valence electrons. The molecule has 1 fully saturated rings. The molecule has 0 spiro atoms. The number of anilines is 1. The van der Waals surface area contributed by atoms with E-state index in [1.807, 2.05) is 44.2 Å². The van der Waals surface area contributed by atoms with E-state index in [1.165, 1.54) is 4.31 Å². The number of amides is 1. The monoisotopic (exact) mass is 431 g/mol. The van der Waals surface area contributed by atoms with Gasteiger partial charge >= 0.3 is 0 Å². The number of ether oxygens (including phenoxy) is 1. The molecule has 1 N–H and O–H groups in total. The molecular formula is C22H29N3O4S. The van der Waals surface area contributed by atoms with E-state index in [-0.39, 0.29) is 24.3 Å². The fourth-order valence-electron chi connectivity index (χ4n) is 3.35. The van der Waals surface area contributed by atoms with Gasteiger partial charge in [-0.1, -0.05) is 18.2 Å². The summed E-state index contributed by atoms with van der Waals surface area (Å²) in [5.41, 5.74) is 1.58. The van der Waals surface area contributed by atoms with Crippen molar-refractivity contribution in [2.24, 2.45) is 0 Å². The highest BCUT2D eigenvalue weighted by atomic mass is 32.2. The zero-order valence-corrected chi connectivity index (χ0v) is 18.3. The van der Waals surface area contributed by atoms with Gasteiger partial charge in [-0.2, -0.15) is 4.31 Å². The molecule has 1 saturated heterocycles. The smallest absolute Gasteiger partial charge is 0.251 e. The summed E-state index contributed by atoms with van der Waals surface area (Å²) in [6.45, 7) is 6.14. The molecule has 1 amide bonds. The minimum atomic E-state index is -3.42. The van der Waals surface area contributed by atoms with Gasteiger partial charge in [0.15, 0.2) is 0 Å². The summed E-state index contributed by atoms with van der Waals surface area (Å²) in [5.74, 6) is 0.285. The third-order valence-corrected chi connectivity index (χ3v) is 6.76. The normalized spacial score (nSPS) is 15.2. The van der Waals surface area contributed by atoms with Crippen molar-refractivity contribution in [3.63, 3.8) is 0 Å². The third-order valence-electron chi connectivity index (χ3n) is 4.89. The second-order valence-corrected chi connectivity index (χ2v) is 9.57. The summed E-state index contributed by atoms with van der Waals surface area (Å²) >= 11 is 0. The first-order chi connectivity index (χ1) is 14.3. The Morgan fingerprint density at radius 1 is 1.00 bits per heavy atom. The summed E-state index contributed by atoms with van der Waals surface area (Å²) in [4.78, 5) is 14.5. The average Bonchev–Trinajstić information content (AvgIpc) is 2.74. The van der Waals surface area contributed by atoms with Crippen LogP contribution in [0.2, 0.25) is 0 Å². The fourth-order valence-corrected chi connectivity index (χ4v) is 4.68. The van der Waals surface area contributed by atoms with Crippen LogP contribution in [0.4, 0.5) is 5.69 Å². The Kier molecular flexibility index (Phi) is 7.33. The minimum Gasteiger partial charge on any atom is -0.491 e. The van der Waals surface area contributed by atoms with Crippen LogP contribution in [0.5, 0.6) is 5.75 Å². The van der Waals surface area contributed by atoms with Crippen molar-refractivity contribution >= 4 is 21.6 Å². The van der Waals surface area contributed by atoms with Crippen molar-refractivity contribution in [3.05, 3.63) is 60.2 Å². The van der Waals surface area contributed by atoms with Crippen LogP contribution >= 0.6 is 0 Å². The number of carbonyl (C=O) groups is 1. The first-order valence-corrected chi connectivity index (χ1v) is 11.8. The Hall–Kier alpha value is -2.58. The van der Waals surface area contributed by atoms with E-state index in [4.69, 9.17) is 4.74 Å². The average molecular weight is 432 g/mol. The fraction of sp³-hybridized carbons (Fsp3) is 0.409. The van der Waals surface area contributed by atoms with Gasteiger partial charge < -0.3 is 15.0 Å². The lowest BCUT2D eigenvalue weighted by Gasteiger charge is -2.35. The number of nitrogens with zero attached hydrogens (tertiary/aromatic N) is 2. The van der Waals surface area contributed by atoms with E-state index in [2.05, 4.69) is 10.2 Å². The Balaban J connectivity index is 1.45. The van der Waals surface area contributed by atoms with Gasteiger partial charge in [0.2, 0.25) is 10.0 Å². The molecule has 30 heavy (non-hydrogen) atoms. The molecule has 0 aromatic heterocycles. The number of nitrogens with one attached hydrogen (secondary N) is 1. The van der Waals surface area contributed by atoms with Gasteiger partial charge in [0.25, 0.3) is 5.91 Å². The highest BCUT2D eigenvalue weighted by Crippen LogP contribution is 2.17. The van der Waals surface area contributed by atoms with E-state index in [0.29, 0.717) is 37.5 Å². The quantitative estimate of drug-likeness (QED) is 0.694. The number of hydrogen-bond acceptors (Lipinski definition) is 5. The summed E-state index contributed by atoms with van der Waals surface area (Å²) in [7, 11) is -3.42. The van der Waals surface area contributed by atoms with E-state index in [1.54, 1.807) is 24.3 Å². The summed E-state index contributed by atoms with van der Waals surface area (Å²) in [6.07, 6.45) is 0.0597. The maximum absolute atomic E-state index is 12.6. The number of benzene rings is 2. The standard InChI is InChI=1S/C22H29N3O4S/c1-18(2)29-21-10-8-19(9-11-21)22(26)23-12-17-30(27,28)25-15-13-24(14-16-25)20-6-4-3-5-7-20/h3-11,18H,12-17H2,1-2H3,(H,23,26). The predicted molar refractivity (Wildman–Crippen MR) is 119 cm³/mol. The third kappa shape index (κ3) is 5.96. The molecule has 1 aliphatic rings. The summed E-state index contributed by atoms with van der Waals surface area (Å²) in [6, 6.07) is 16.8. The zero-order chi connectivity index (χ0) is 21.6. The second kappa shape index (κ2) is 9.95. The summed E-state index contributed by atoms with van der Waals surface area (Å²) in [5, 5.41) is 2.69. The molecule has 0 atom stereocenters. The van der Waals surface area contributed by atoms with Crippen LogP contribution in [0.3, 0.4) is 0 Å². The van der Waals surface area contributed by atoms with Crippen molar-refractivity contribution in [3.8, 4) is 5.75 Å². The van der Waals surface area contributed by atoms with Gasteiger partial charge in [0.1, 0.15) is 5.75 Å². The second-order valence-electron chi connectivity index (χ2n) is 7.48. The Bertz CT molecular complexity index is 923. The first kappa shape index (κ1) is 22.1. The largest absolute Gasteiger partial charge is 0.491 e. The highest BCUT2D eigenvalue weighted by Gasteiger charge is 2.26. The molecule has 3 rings (SSSR count). The van der Waals surface area contributed by atoms with Crippen molar-refractivity contribution < 1.29 is 17.9 Å². The molecule has 0 saturated carbocycles. The van der Waals surface area contributed by atoms with E-state index < -0.39 is 10.0 Å². The van der Waals surface area contributed by atoms with Crippen molar-refractivity contribution in [2.45, 2.75) is 20.0 Å².